The highest BCUT2D eigenvalue weighted by molar-refractivity contribution is 8.13. The van der Waals surface area contributed by atoms with E-state index in [9.17, 15) is 14.4 Å². The lowest BCUT2D eigenvalue weighted by molar-refractivity contribution is -0.117. The van der Waals surface area contributed by atoms with Gasteiger partial charge in [-0.2, -0.15) is 0 Å². The van der Waals surface area contributed by atoms with Gasteiger partial charge in [0.15, 0.2) is 5.12 Å². The fourth-order valence-electron chi connectivity index (χ4n) is 1.91. The molecule has 21 heavy (non-hydrogen) atoms. The lowest BCUT2D eigenvalue weighted by atomic mass is 10.1. The maximum absolute atomic E-state index is 11.9. The van der Waals surface area contributed by atoms with Crippen LogP contribution in [-0.4, -0.2) is 46.1 Å². The van der Waals surface area contributed by atoms with E-state index in [-0.39, 0.29) is 35.5 Å². The standard InChI is InChI=1S/C12H15N3O5S/c1-3-19-11(18)10-13-14-12(20-10)15-5-8(4-9(15)17)6-21-7(2)16/h8H,3-6H2,1-2H3. The highest BCUT2D eigenvalue weighted by Crippen LogP contribution is 2.26. The van der Waals surface area contributed by atoms with E-state index in [2.05, 4.69) is 10.2 Å². The average Bonchev–Trinajstić information content (AvgIpc) is 3.03. The molecule has 0 aromatic carbocycles. The van der Waals surface area contributed by atoms with Gasteiger partial charge in [-0.05, 0) is 12.8 Å². The number of rotatable bonds is 5. The third-order valence-electron chi connectivity index (χ3n) is 2.82. The van der Waals surface area contributed by atoms with Crippen molar-refractivity contribution in [2.24, 2.45) is 5.92 Å². The predicted octanol–water partition coefficient (Wildman–Crippen LogP) is 0.879. The van der Waals surface area contributed by atoms with Crippen molar-refractivity contribution in [3.05, 3.63) is 5.89 Å². The monoisotopic (exact) mass is 313 g/mol. The Kier molecular flexibility index (Phi) is 4.94. The molecule has 1 aliphatic heterocycles. The highest BCUT2D eigenvalue weighted by atomic mass is 32.2. The van der Waals surface area contributed by atoms with Crippen LogP contribution in [0.5, 0.6) is 0 Å². The van der Waals surface area contributed by atoms with Gasteiger partial charge in [0.25, 0.3) is 0 Å². The molecule has 1 aromatic heterocycles. The first-order valence-corrected chi connectivity index (χ1v) is 7.44. The number of hydrogen-bond donors (Lipinski definition) is 0. The third-order valence-corrected chi connectivity index (χ3v) is 3.87. The van der Waals surface area contributed by atoms with Crippen LogP contribution in [0.15, 0.2) is 4.42 Å². The molecule has 0 aliphatic carbocycles. The number of esters is 1. The molecule has 1 fully saturated rings. The van der Waals surface area contributed by atoms with Crippen LogP contribution in [0.4, 0.5) is 6.01 Å². The van der Waals surface area contributed by atoms with Crippen LogP contribution in [0.1, 0.15) is 31.0 Å². The van der Waals surface area contributed by atoms with E-state index < -0.39 is 5.97 Å². The SMILES string of the molecule is CCOC(=O)c1nnc(N2CC(CSC(C)=O)CC2=O)o1. The normalized spacial score (nSPS) is 18.1. The molecule has 114 valence electrons. The fraction of sp³-hybridized carbons (Fsp3) is 0.583. The minimum atomic E-state index is -0.716. The van der Waals surface area contributed by atoms with Gasteiger partial charge in [-0.15, -0.1) is 0 Å². The van der Waals surface area contributed by atoms with Gasteiger partial charge in [-0.1, -0.05) is 22.0 Å². The van der Waals surface area contributed by atoms with Crippen LogP contribution in [0.25, 0.3) is 0 Å². The minimum absolute atomic E-state index is 0.0154. The van der Waals surface area contributed by atoms with Gasteiger partial charge in [-0.3, -0.25) is 14.5 Å². The van der Waals surface area contributed by atoms with E-state index in [4.69, 9.17) is 9.15 Å². The molecule has 0 bridgehead atoms. The lowest BCUT2D eigenvalue weighted by Crippen LogP contribution is -2.25. The Morgan fingerprint density at radius 1 is 1.48 bits per heavy atom. The Hall–Kier alpha value is -1.90. The number of aromatic nitrogens is 2. The first-order valence-electron chi connectivity index (χ1n) is 6.45. The number of thioether (sulfide) groups is 1. The van der Waals surface area contributed by atoms with Crippen molar-refractivity contribution >= 4 is 34.8 Å². The number of amides is 1. The molecule has 1 unspecified atom stereocenters. The molecule has 2 rings (SSSR count). The molecule has 2 heterocycles. The number of anilines is 1. The van der Waals surface area contributed by atoms with Gasteiger partial charge < -0.3 is 9.15 Å². The second-order valence-electron chi connectivity index (χ2n) is 4.49. The third kappa shape index (κ3) is 3.81. The van der Waals surface area contributed by atoms with Gasteiger partial charge in [0.2, 0.25) is 5.91 Å². The Morgan fingerprint density at radius 2 is 2.24 bits per heavy atom. The average molecular weight is 313 g/mol. The van der Waals surface area contributed by atoms with Gasteiger partial charge in [0.05, 0.1) is 6.61 Å². The van der Waals surface area contributed by atoms with E-state index in [0.29, 0.717) is 18.7 Å². The highest BCUT2D eigenvalue weighted by Gasteiger charge is 2.34. The number of carbonyl (C=O) groups is 3. The second kappa shape index (κ2) is 6.70. The van der Waals surface area contributed by atoms with E-state index in [1.165, 1.54) is 23.6 Å². The summed E-state index contributed by atoms with van der Waals surface area (Å²) in [5, 5.41) is 7.28. The van der Waals surface area contributed by atoms with Crippen molar-refractivity contribution in [2.45, 2.75) is 20.3 Å². The summed E-state index contributed by atoms with van der Waals surface area (Å²) in [5.74, 6) is -0.545. The van der Waals surface area contributed by atoms with Gasteiger partial charge >= 0.3 is 17.9 Å². The van der Waals surface area contributed by atoms with Crippen LogP contribution in [0.2, 0.25) is 0 Å². The van der Waals surface area contributed by atoms with Crippen molar-refractivity contribution in [2.75, 3.05) is 23.8 Å². The molecule has 0 spiro atoms. The molecule has 1 aliphatic rings. The number of hydrogen-bond acceptors (Lipinski definition) is 8. The van der Waals surface area contributed by atoms with E-state index >= 15 is 0 Å². The summed E-state index contributed by atoms with van der Waals surface area (Å²) < 4.78 is 9.90. The minimum Gasteiger partial charge on any atom is -0.459 e. The lowest BCUT2D eigenvalue weighted by Gasteiger charge is -2.10. The number of nitrogens with zero attached hydrogens (tertiary/aromatic N) is 3. The van der Waals surface area contributed by atoms with Gasteiger partial charge in [0.1, 0.15) is 0 Å². The summed E-state index contributed by atoms with van der Waals surface area (Å²) in [6, 6.07) is -0.0154. The first kappa shape index (κ1) is 15.5. The zero-order chi connectivity index (χ0) is 15.4. The summed E-state index contributed by atoms with van der Waals surface area (Å²) in [5.41, 5.74) is 0. The maximum atomic E-state index is 11.9. The van der Waals surface area contributed by atoms with Crippen LogP contribution < -0.4 is 4.90 Å². The second-order valence-corrected chi connectivity index (χ2v) is 5.68. The maximum Gasteiger partial charge on any atom is 0.396 e. The van der Waals surface area contributed by atoms with Gasteiger partial charge in [-0.25, -0.2) is 4.79 Å². The molecule has 1 saturated heterocycles. The fourth-order valence-corrected chi connectivity index (χ4v) is 2.61. The molecule has 1 atom stereocenters. The van der Waals surface area contributed by atoms with E-state index in [1.54, 1.807) is 6.92 Å². The van der Waals surface area contributed by atoms with E-state index in [0.717, 1.165) is 0 Å². The first-order chi connectivity index (χ1) is 10.0. The topological polar surface area (TPSA) is 103 Å². The van der Waals surface area contributed by atoms with Crippen molar-refractivity contribution < 1.29 is 23.5 Å². The molecule has 0 N–H and O–H groups in total. The molecule has 0 radical (unpaired) electrons. The predicted molar refractivity (Wildman–Crippen MR) is 73.9 cm³/mol. The van der Waals surface area contributed by atoms with Gasteiger partial charge in [0, 0.05) is 25.6 Å². The summed E-state index contributed by atoms with van der Waals surface area (Å²) in [4.78, 5) is 35.6. The molecule has 0 saturated carbocycles. The van der Waals surface area contributed by atoms with Crippen molar-refractivity contribution in [1.29, 1.82) is 0 Å². The smallest absolute Gasteiger partial charge is 0.396 e. The Morgan fingerprint density at radius 3 is 2.90 bits per heavy atom. The number of carbonyl (C=O) groups excluding carboxylic acids is 3. The van der Waals surface area contributed by atoms with Crippen LogP contribution in [0.3, 0.4) is 0 Å². The molecular formula is C12H15N3O5S. The van der Waals surface area contributed by atoms with Crippen LogP contribution in [-0.2, 0) is 14.3 Å². The van der Waals surface area contributed by atoms with Crippen LogP contribution in [0, 0.1) is 5.92 Å². The summed E-state index contributed by atoms with van der Waals surface area (Å²) in [6.45, 7) is 3.74. The van der Waals surface area contributed by atoms with E-state index in [1.807, 2.05) is 0 Å². The summed E-state index contributed by atoms with van der Waals surface area (Å²) >= 11 is 1.19. The van der Waals surface area contributed by atoms with Crippen molar-refractivity contribution in [1.82, 2.24) is 10.2 Å². The molecule has 1 aromatic rings. The van der Waals surface area contributed by atoms with Crippen molar-refractivity contribution in [3.63, 3.8) is 0 Å². The zero-order valence-corrected chi connectivity index (χ0v) is 12.5. The molecule has 1 amide bonds. The largest absolute Gasteiger partial charge is 0.459 e. The van der Waals surface area contributed by atoms with Crippen LogP contribution >= 0.6 is 11.8 Å². The summed E-state index contributed by atoms with van der Waals surface area (Å²) in [6.07, 6.45) is 0.317. The molecule has 8 nitrogen and oxygen atoms in total. The molecule has 9 heteroatoms. The molecular weight excluding hydrogens is 298 g/mol. The Balaban J connectivity index is 2.00. The zero-order valence-electron chi connectivity index (χ0n) is 11.7. The Labute approximate surface area is 125 Å². The Bertz CT molecular complexity index is 559. The quantitative estimate of drug-likeness (QED) is 0.738. The summed E-state index contributed by atoms with van der Waals surface area (Å²) in [7, 11) is 0. The van der Waals surface area contributed by atoms with Crippen molar-refractivity contribution in [3.8, 4) is 0 Å². The number of ether oxygens (including phenoxy) is 1.